The van der Waals surface area contributed by atoms with E-state index < -0.39 is 0 Å². The summed E-state index contributed by atoms with van der Waals surface area (Å²) in [6.45, 7) is 1.80. The summed E-state index contributed by atoms with van der Waals surface area (Å²) in [7, 11) is 1.78. The smallest absolute Gasteiger partial charge is 0.259 e. The Morgan fingerprint density at radius 1 is 1.50 bits per heavy atom. The van der Waals surface area contributed by atoms with Crippen LogP contribution in [0, 0.1) is 6.92 Å². The predicted molar refractivity (Wildman–Crippen MR) is 75.1 cm³/mol. The van der Waals surface area contributed by atoms with Gasteiger partial charge in [0.2, 0.25) is 0 Å². The van der Waals surface area contributed by atoms with Crippen molar-refractivity contribution in [2.24, 2.45) is 7.05 Å². The molecule has 0 bridgehead atoms. The van der Waals surface area contributed by atoms with Gasteiger partial charge in [0.05, 0.1) is 16.3 Å². The van der Waals surface area contributed by atoms with Gasteiger partial charge in [0.1, 0.15) is 0 Å². The average molecular weight is 329 g/mol. The van der Waals surface area contributed by atoms with Crippen LogP contribution in [0.4, 0.5) is 5.69 Å². The summed E-state index contributed by atoms with van der Waals surface area (Å²) < 4.78 is 2.35. The van der Waals surface area contributed by atoms with Crippen molar-refractivity contribution in [3.05, 3.63) is 45.1 Å². The zero-order chi connectivity index (χ0) is 13.3. The summed E-state index contributed by atoms with van der Waals surface area (Å²) in [5, 5.41) is 7.53. The molecule has 1 heterocycles. The molecule has 0 radical (unpaired) electrons. The second kappa shape index (κ2) is 5.12. The Morgan fingerprint density at radius 3 is 2.78 bits per heavy atom. The zero-order valence-corrected chi connectivity index (χ0v) is 12.2. The van der Waals surface area contributed by atoms with Crippen molar-refractivity contribution in [1.29, 1.82) is 0 Å². The van der Waals surface area contributed by atoms with E-state index in [-0.39, 0.29) is 5.91 Å². The molecule has 0 saturated carbocycles. The largest absolute Gasteiger partial charge is 0.322 e. The van der Waals surface area contributed by atoms with E-state index in [9.17, 15) is 4.79 Å². The Balaban J connectivity index is 2.21. The van der Waals surface area contributed by atoms with Gasteiger partial charge in [0.15, 0.2) is 0 Å². The van der Waals surface area contributed by atoms with Gasteiger partial charge in [0, 0.05) is 23.4 Å². The van der Waals surface area contributed by atoms with Gasteiger partial charge in [-0.15, -0.1) is 0 Å². The lowest BCUT2D eigenvalue weighted by Crippen LogP contribution is -2.12. The molecule has 0 fully saturated rings. The van der Waals surface area contributed by atoms with Gasteiger partial charge in [-0.3, -0.25) is 9.48 Å². The van der Waals surface area contributed by atoms with E-state index in [4.69, 9.17) is 11.6 Å². The molecule has 1 aromatic carbocycles. The van der Waals surface area contributed by atoms with Crippen molar-refractivity contribution in [3.63, 3.8) is 0 Å². The van der Waals surface area contributed by atoms with Crippen LogP contribution in [0.15, 0.2) is 28.9 Å². The Kier molecular flexibility index (Phi) is 3.73. The molecule has 0 aliphatic rings. The Hall–Kier alpha value is -1.33. The fourth-order valence-corrected chi connectivity index (χ4v) is 2.09. The van der Waals surface area contributed by atoms with Crippen molar-refractivity contribution in [3.8, 4) is 0 Å². The van der Waals surface area contributed by atoms with E-state index in [1.54, 1.807) is 43.0 Å². The molecule has 0 atom stereocenters. The van der Waals surface area contributed by atoms with Crippen LogP contribution < -0.4 is 5.32 Å². The first-order valence-electron chi connectivity index (χ1n) is 5.24. The summed E-state index contributed by atoms with van der Waals surface area (Å²) in [4.78, 5) is 12.0. The van der Waals surface area contributed by atoms with Crippen LogP contribution in [-0.4, -0.2) is 15.7 Å². The van der Waals surface area contributed by atoms with Crippen molar-refractivity contribution in [2.45, 2.75) is 6.92 Å². The number of nitrogens with one attached hydrogen (secondary N) is 1. The highest BCUT2D eigenvalue weighted by Crippen LogP contribution is 2.25. The van der Waals surface area contributed by atoms with Gasteiger partial charge in [-0.05, 0) is 41.1 Å². The van der Waals surface area contributed by atoms with Crippen LogP contribution in [-0.2, 0) is 7.05 Å². The van der Waals surface area contributed by atoms with Gasteiger partial charge in [-0.2, -0.15) is 5.10 Å². The summed E-state index contributed by atoms with van der Waals surface area (Å²) >= 11 is 9.20. The predicted octanol–water partition coefficient (Wildman–Crippen LogP) is 3.40. The van der Waals surface area contributed by atoms with Crippen molar-refractivity contribution < 1.29 is 4.79 Å². The van der Waals surface area contributed by atoms with Crippen molar-refractivity contribution in [1.82, 2.24) is 9.78 Å². The quantitative estimate of drug-likeness (QED) is 0.918. The number of carbonyl (C=O) groups excluding carboxylic acids is 1. The number of benzene rings is 1. The Bertz CT molecular complexity index is 609. The normalized spacial score (nSPS) is 10.4. The number of aromatic nitrogens is 2. The number of nitrogens with zero attached hydrogens (tertiary/aromatic N) is 2. The first-order chi connectivity index (χ1) is 8.47. The molecule has 0 saturated heterocycles. The molecule has 18 heavy (non-hydrogen) atoms. The number of hydrogen-bond acceptors (Lipinski definition) is 2. The topological polar surface area (TPSA) is 46.9 Å². The number of hydrogen-bond donors (Lipinski definition) is 1. The van der Waals surface area contributed by atoms with Crippen LogP contribution in [0.5, 0.6) is 0 Å². The molecule has 2 aromatic rings. The average Bonchev–Trinajstić information content (AvgIpc) is 2.63. The Morgan fingerprint density at radius 2 is 2.22 bits per heavy atom. The maximum absolute atomic E-state index is 12.0. The molecule has 6 heteroatoms. The lowest BCUT2D eigenvalue weighted by molar-refractivity contribution is 0.102. The number of halogens is 2. The highest BCUT2D eigenvalue weighted by molar-refractivity contribution is 9.10. The third kappa shape index (κ3) is 2.73. The molecule has 0 aliphatic heterocycles. The number of rotatable bonds is 2. The van der Waals surface area contributed by atoms with Gasteiger partial charge in [-0.1, -0.05) is 11.6 Å². The number of carbonyl (C=O) groups is 1. The zero-order valence-electron chi connectivity index (χ0n) is 9.87. The molecular weight excluding hydrogens is 318 g/mol. The molecule has 2 rings (SSSR count). The maximum Gasteiger partial charge on any atom is 0.259 e. The number of anilines is 1. The third-order valence-corrected chi connectivity index (χ3v) is 3.65. The molecule has 0 spiro atoms. The SMILES string of the molecule is Cc1nn(C)cc1C(=O)Nc1ccc(Cl)c(Br)c1. The van der Waals surface area contributed by atoms with Crippen LogP contribution >= 0.6 is 27.5 Å². The molecule has 1 N–H and O–H groups in total. The molecule has 0 unspecified atom stereocenters. The molecule has 94 valence electrons. The fraction of sp³-hybridized carbons (Fsp3) is 0.167. The van der Waals surface area contributed by atoms with E-state index in [1.165, 1.54) is 0 Å². The lowest BCUT2D eigenvalue weighted by Gasteiger charge is -2.05. The van der Waals surface area contributed by atoms with Crippen LogP contribution in [0.3, 0.4) is 0 Å². The highest BCUT2D eigenvalue weighted by Gasteiger charge is 2.12. The van der Waals surface area contributed by atoms with E-state index in [0.29, 0.717) is 22.0 Å². The van der Waals surface area contributed by atoms with E-state index in [1.807, 2.05) is 0 Å². The van der Waals surface area contributed by atoms with Crippen LogP contribution in [0.1, 0.15) is 16.1 Å². The molecule has 4 nitrogen and oxygen atoms in total. The second-order valence-electron chi connectivity index (χ2n) is 3.88. The Labute approximate surface area is 118 Å². The third-order valence-electron chi connectivity index (χ3n) is 2.44. The van der Waals surface area contributed by atoms with Gasteiger partial charge < -0.3 is 5.32 Å². The number of amides is 1. The molecule has 0 aliphatic carbocycles. The van der Waals surface area contributed by atoms with Gasteiger partial charge in [0.25, 0.3) is 5.91 Å². The lowest BCUT2D eigenvalue weighted by atomic mass is 10.2. The summed E-state index contributed by atoms with van der Waals surface area (Å²) in [6.07, 6.45) is 1.69. The maximum atomic E-state index is 12.0. The number of aryl methyl sites for hydroxylation is 2. The highest BCUT2D eigenvalue weighted by atomic mass is 79.9. The first-order valence-corrected chi connectivity index (χ1v) is 6.41. The van der Waals surface area contributed by atoms with E-state index in [0.717, 1.165) is 4.47 Å². The van der Waals surface area contributed by atoms with E-state index >= 15 is 0 Å². The van der Waals surface area contributed by atoms with Gasteiger partial charge >= 0.3 is 0 Å². The minimum absolute atomic E-state index is 0.185. The summed E-state index contributed by atoms with van der Waals surface area (Å²) in [6, 6.07) is 5.22. The molecule has 1 aromatic heterocycles. The van der Waals surface area contributed by atoms with Crippen molar-refractivity contribution in [2.75, 3.05) is 5.32 Å². The molecule has 1 amide bonds. The van der Waals surface area contributed by atoms with Crippen molar-refractivity contribution >= 4 is 39.1 Å². The first kappa shape index (κ1) is 13.1. The minimum atomic E-state index is -0.185. The standard InChI is InChI=1S/C12H11BrClN3O/c1-7-9(6-17(2)16-7)12(18)15-8-3-4-11(14)10(13)5-8/h3-6H,1-2H3,(H,15,18). The molecular formula is C12H11BrClN3O. The van der Waals surface area contributed by atoms with Gasteiger partial charge in [-0.25, -0.2) is 0 Å². The summed E-state index contributed by atoms with van der Waals surface area (Å²) in [5.74, 6) is -0.185. The van der Waals surface area contributed by atoms with Crippen LogP contribution in [0.25, 0.3) is 0 Å². The monoisotopic (exact) mass is 327 g/mol. The summed E-state index contributed by atoms with van der Waals surface area (Å²) in [5.41, 5.74) is 1.94. The second-order valence-corrected chi connectivity index (χ2v) is 5.15. The van der Waals surface area contributed by atoms with E-state index in [2.05, 4.69) is 26.3 Å². The minimum Gasteiger partial charge on any atom is -0.322 e. The fourth-order valence-electron chi connectivity index (χ4n) is 1.59. The van der Waals surface area contributed by atoms with Crippen LogP contribution in [0.2, 0.25) is 5.02 Å².